The van der Waals surface area contributed by atoms with Gasteiger partial charge in [-0.05, 0) is 39.0 Å². The summed E-state index contributed by atoms with van der Waals surface area (Å²) in [4.78, 5) is 0. The van der Waals surface area contributed by atoms with E-state index in [1.165, 1.54) is 0 Å². The average molecular weight is 254 g/mol. The van der Waals surface area contributed by atoms with Gasteiger partial charge in [-0.3, -0.25) is 4.55 Å². The Bertz CT molecular complexity index is 294. The smallest absolute Gasteiger partial charge is 0.393 e. The highest BCUT2D eigenvalue weighted by Crippen LogP contribution is 2.21. The molecule has 0 aromatic heterocycles. The maximum Gasteiger partial charge on any atom is 0.397 e. The van der Waals surface area contributed by atoms with Gasteiger partial charge >= 0.3 is 10.4 Å². The van der Waals surface area contributed by atoms with Gasteiger partial charge in [-0.25, -0.2) is 4.18 Å². The first kappa shape index (κ1) is 15.8. The summed E-state index contributed by atoms with van der Waals surface area (Å²) in [7, 11) is -4.43. The Morgan fingerprint density at radius 2 is 1.81 bits per heavy atom. The largest absolute Gasteiger partial charge is 0.397 e. The fraction of sp³-hybridized carbons (Fsp3) is 1.00. The molecule has 1 unspecified atom stereocenters. The second-order valence-corrected chi connectivity index (χ2v) is 6.11. The molecule has 0 amide bonds. The molecule has 16 heavy (non-hydrogen) atoms. The number of hydrogen-bond acceptors (Lipinski definition) is 4. The van der Waals surface area contributed by atoms with Crippen LogP contribution < -0.4 is 0 Å². The van der Waals surface area contributed by atoms with Crippen molar-refractivity contribution < 1.29 is 22.3 Å². The number of hydrogen-bond donors (Lipinski definition) is 2. The van der Waals surface area contributed by atoms with Gasteiger partial charge in [0.15, 0.2) is 0 Å². The molecule has 0 aliphatic rings. The summed E-state index contributed by atoms with van der Waals surface area (Å²) < 4.78 is 34.1. The Kier molecular flexibility index (Phi) is 5.89. The van der Waals surface area contributed by atoms with Crippen molar-refractivity contribution in [3.63, 3.8) is 0 Å². The Morgan fingerprint density at radius 3 is 2.19 bits per heavy atom. The molecule has 98 valence electrons. The molecule has 0 heterocycles. The predicted molar refractivity (Wildman–Crippen MR) is 61.4 cm³/mol. The van der Waals surface area contributed by atoms with Crippen LogP contribution in [0.25, 0.3) is 0 Å². The monoisotopic (exact) mass is 254 g/mol. The van der Waals surface area contributed by atoms with Gasteiger partial charge < -0.3 is 5.11 Å². The maximum absolute atomic E-state index is 10.5. The van der Waals surface area contributed by atoms with Gasteiger partial charge in [0.05, 0.1) is 11.7 Å². The van der Waals surface area contributed by atoms with Crippen LogP contribution >= 0.6 is 0 Å². The lowest BCUT2D eigenvalue weighted by molar-refractivity contribution is 0.0599. The van der Waals surface area contributed by atoms with E-state index in [2.05, 4.69) is 4.18 Å². The molecular weight excluding hydrogens is 232 g/mol. The first-order chi connectivity index (χ1) is 7.02. The van der Waals surface area contributed by atoms with Crippen LogP contribution in [0.4, 0.5) is 0 Å². The van der Waals surface area contributed by atoms with Gasteiger partial charge in [0.1, 0.15) is 0 Å². The van der Waals surface area contributed by atoms with E-state index in [0.717, 1.165) is 0 Å². The molecule has 0 saturated heterocycles. The zero-order valence-corrected chi connectivity index (χ0v) is 11.1. The van der Waals surface area contributed by atoms with E-state index in [1.54, 1.807) is 13.8 Å². The SMILES string of the molecule is CC(C)CC(O)CCC(C)(C)OS(=O)(=O)O. The second-order valence-electron chi connectivity index (χ2n) is 5.09. The van der Waals surface area contributed by atoms with Crippen LogP contribution in [0, 0.1) is 5.92 Å². The highest BCUT2D eigenvalue weighted by atomic mass is 32.3. The third-order valence-electron chi connectivity index (χ3n) is 2.15. The van der Waals surface area contributed by atoms with E-state index < -0.39 is 22.1 Å². The standard InChI is InChI=1S/C10H22O5S/c1-8(2)7-9(11)5-6-10(3,4)15-16(12,13)14/h8-9,11H,5-7H2,1-4H3,(H,12,13,14). The first-order valence-corrected chi connectivity index (χ1v) is 6.74. The molecule has 0 aromatic rings. The first-order valence-electron chi connectivity index (χ1n) is 5.38. The molecule has 0 aliphatic carbocycles. The van der Waals surface area contributed by atoms with Crippen LogP contribution in [-0.2, 0) is 14.6 Å². The topological polar surface area (TPSA) is 83.8 Å². The second kappa shape index (κ2) is 5.95. The number of rotatable bonds is 7. The highest BCUT2D eigenvalue weighted by molar-refractivity contribution is 7.80. The van der Waals surface area contributed by atoms with Crippen molar-refractivity contribution in [1.29, 1.82) is 0 Å². The predicted octanol–water partition coefficient (Wildman–Crippen LogP) is 1.77. The fourth-order valence-electron chi connectivity index (χ4n) is 1.50. The molecule has 0 aromatic carbocycles. The Morgan fingerprint density at radius 1 is 1.31 bits per heavy atom. The minimum atomic E-state index is -4.43. The fourth-order valence-corrected chi connectivity index (χ4v) is 2.16. The minimum Gasteiger partial charge on any atom is -0.393 e. The van der Waals surface area contributed by atoms with Gasteiger partial charge in [0.25, 0.3) is 0 Å². The molecule has 0 rings (SSSR count). The molecule has 0 fully saturated rings. The third kappa shape index (κ3) is 9.08. The summed E-state index contributed by atoms with van der Waals surface area (Å²) >= 11 is 0. The van der Waals surface area contributed by atoms with E-state index in [4.69, 9.17) is 4.55 Å². The Hall–Kier alpha value is -0.170. The van der Waals surface area contributed by atoms with Gasteiger partial charge in [-0.15, -0.1) is 0 Å². The van der Waals surface area contributed by atoms with Crippen molar-refractivity contribution >= 4 is 10.4 Å². The molecule has 0 bridgehead atoms. The zero-order valence-electron chi connectivity index (χ0n) is 10.3. The number of aliphatic hydroxyl groups is 1. The van der Waals surface area contributed by atoms with Crippen molar-refractivity contribution in [3.05, 3.63) is 0 Å². The van der Waals surface area contributed by atoms with Crippen LogP contribution in [0.2, 0.25) is 0 Å². The van der Waals surface area contributed by atoms with Gasteiger partial charge in [-0.2, -0.15) is 8.42 Å². The van der Waals surface area contributed by atoms with E-state index in [-0.39, 0.29) is 0 Å². The molecule has 0 aliphatic heterocycles. The lowest BCUT2D eigenvalue weighted by atomic mass is 9.96. The van der Waals surface area contributed by atoms with E-state index in [1.807, 2.05) is 13.8 Å². The summed E-state index contributed by atoms with van der Waals surface area (Å²) in [6.07, 6.45) is 1.01. The van der Waals surface area contributed by atoms with Crippen molar-refractivity contribution in [2.24, 2.45) is 5.92 Å². The molecule has 6 heteroatoms. The normalized spacial score (nSPS) is 15.4. The van der Waals surface area contributed by atoms with E-state index in [0.29, 0.717) is 25.2 Å². The summed E-state index contributed by atoms with van der Waals surface area (Å²) in [5.41, 5.74) is -0.995. The number of aliphatic hydroxyl groups excluding tert-OH is 1. The van der Waals surface area contributed by atoms with Crippen molar-refractivity contribution in [2.75, 3.05) is 0 Å². The van der Waals surface area contributed by atoms with Crippen molar-refractivity contribution in [2.45, 2.75) is 58.7 Å². The summed E-state index contributed by atoms with van der Waals surface area (Å²) in [6.45, 7) is 7.12. The molecule has 2 N–H and O–H groups in total. The molecule has 0 radical (unpaired) electrons. The van der Waals surface area contributed by atoms with E-state index >= 15 is 0 Å². The Labute approximate surface area is 97.8 Å². The molecule has 5 nitrogen and oxygen atoms in total. The quantitative estimate of drug-likeness (QED) is 0.676. The van der Waals surface area contributed by atoms with Crippen LogP contribution in [0.3, 0.4) is 0 Å². The molecule has 0 spiro atoms. The Balaban J connectivity index is 4.08. The minimum absolute atomic E-state index is 0.362. The third-order valence-corrected chi connectivity index (χ3v) is 2.82. The summed E-state index contributed by atoms with van der Waals surface area (Å²) in [6, 6.07) is 0. The zero-order chi connectivity index (χ0) is 13.0. The van der Waals surface area contributed by atoms with Gasteiger partial charge in [-0.1, -0.05) is 13.8 Å². The van der Waals surface area contributed by atoms with E-state index in [9.17, 15) is 13.5 Å². The summed E-state index contributed by atoms with van der Waals surface area (Å²) in [5.74, 6) is 0.389. The van der Waals surface area contributed by atoms with Crippen LogP contribution in [0.15, 0.2) is 0 Å². The average Bonchev–Trinajstić information content (AvgIpc) is 1.95. The maximum atomic E-state index is 10.5. The molecule has 1 atom stereocenters. The van der Waals surface area contributed by atoms with Gasteiger partial charge in [0, 0.05) is 0 Å². The van der Waals surface area contributed by atoms with Crippen LogP contribution in [0.5, 0.6) is 0 Å². The molecular formula is C10H22O5S. The molecule has 0 saturated carbocycles. The van der Waals surface area contributed by atoms with Crippen LogP contribution in [-0.4, -0.2) is 29.8 Å². The van der Waals surface area contributed by atoms with Crippen molar-refractivity contribution in [1.82, 2.24) is 0 Å². The lowest BCUT2D eigenvalue weighted by Gasteiger charge is -2.24. The van der Waals surface area contributed by atoms with Crippen LogP contribution in [0.1, 0.15) is 47.0 Å². The summed E-state index contributed by atoms with van der Waals surface area (Å²) in [5, 5.41) is 9.61. The van der Waals surface area contributed by atoms with Crippen molar-refractivity contribution in [3.8, 4) is 0 Å². The highest BCUT2D eigenvalue weighted by Gasteiger charge is 2.26. The van der Waals surface area contributed by atoms with Gasteiger partial charge in [0.2, 0.25) is 0 Å². The lowest BCUT2D eigenvalue weighted by Crippen LogP contribution is -2.29.